The molecule has 1 saturated carbocycles. The van der Waals surface area contributed by atoms with Crippen LogP contribution in [-0.2, 0) is 16.1 Å². The highest BCUT2D eigenvalue weighted by Crippen LogP contribution is 2.23. The molecule has 30 heavy (non-hydrogen) atoms. The van der Waals surface area contributed by atoms with E-state index in [2.05, 4.69) is 0 Å². The minimum absolute atomic E-state index is 0.000957. The van der Waals surface area contributed by atoms with Crippen LogP contribution in [0.4, 0.5) is 0 Å². The Bertz CT molecular complexity index is 1140. The van der Waals surface area contributed by atoms with Gasteiger partial charge in [0.15, 0.2) is 11.9 Å². The second kappa shape index (κ2) is 8.53. The number of aryl methyl sites for hydroxylation is 1. The van der Waals surface area contributed by atoms with Crippen molar-refractivity contribution in [2.45, 2.75) is 45.3 Å². The highest BCUT2D eigenvalue weighted by atomic mass is 16.5. The molecule has 0 spiro atoms. The maximum atomic E-state index is 12.3. The minimum Gasteiger partial charge on any atom is -0.489 e. The summed E-state index contributed by atoms with van der Waals surface area (Å²) in [5, 5.41) is 0.862. The van der Waals surface area contributed by atoms with Crippen LogP contribution in [0, 0.1) is 6.92 Å². The van der Waals surface area contributed by atoms with Gasteiger partial charge in [0.25, 0.3) is 0 Å². The van der Waals surface area contributed by atoms with Crippen LogP contribution in [0.5, 0.6) is 5.75 Å². The quantitative estimate of drug-likeness (QED) is 0.463. The third-order valence-electron chi connectivity index (χ3n) is 5.27. The van der Waals surface area contributed by atoms with Gasteiger partial charge < -0.3 is 13.9 Å². The second-order valence-electron chi connectivity index (χ2n) is 7.50. The van der Waals surface area contributed by atoms with Gasteiger partial charge in [-0.3, -0.25) is 4.79 Å². The number of ether oxygens (including phenoxy) is 2. The molecule has 6 nitrogen and oxygen atoms in total. The normalized spacial score (nSPS) is 16.4. The number of esters is 1. The average molecular weight is 406 g/mol. The van der Waals surface area contributed by atoms with E-state index < -0.39 is 17.7 Å². The van der Waals surface area contributed by atoms with E-state index in [0.29, 0.717) is 29.7 Å². The van der Waals surface area contributed by atoms with Gasteiger partial charge >= 0.3 is 11.6 Å². The summed E-state index contributed by atoms with van der Waals surface area (Å²) in [5.41, 5.74) is 2.21. The SMILES string of the molecule is Cc1cc(=O)oc2cc(OCc3ccc(C(=O)O[C@@H]4CCCCC4=O)cc3)ccc12. The average Bonchev–Trinajstić information content (AvgIpc) is 2.74. The molecular weight excluding hydrogens is 384 g/mol. The number of fused-ring (bicyclic) bond motifs is 1. The Balaban J connectivity index is 1.39. The van der Waals surface area contributed by atoms with Gasteiger partial charge in [0.1, 0.15) is 17.9 Å². The number of Topliss-reactive ketones (excluding diaryl/α,β-unsaturated/α-hetero) is 1. The number of carbonyl (C=O) groups is 2. The van der Waals surface area contributed by atoms with Crippen molar-refractivity contribution < 1.29 is 23.5 Å². The predicted molar refractivity (Wildman–Crippen MR) is 111 cm³/mol. The number of carbonyl (C=O) groups excluding carboxylic acids is 2. The molecule has 154 valence electrons. The Hall–Kier alpha value is -3.41. The van der Waals surface area contributed by atoms with Crippen molar-refractivity contribution in [2.75, 3.05) is 0 Å². The highest BCUT2D eigenvalue weighted by Gasteiger charge is 2.26. The van der Waals surface area contributed by atoms with E-state index in [-0.39, 0.29) is 12.4 Å². The summed E-state index contributed by atoms with van der Waals surface area (Å²) in [6.45, 7) is 2.15. The number of hydrogen-bond donors (Lipinski definition) is 0. The van der Waals surface area contributed by atoms with Gasteiger partial charge in [-0.2, -0.15) is 0 Å². The highest BCUT2D eigenvalue weighted by molar-refractivity contribution is 5.93. The van der Waals surface area contributed by atoms with E-state index in [9.17, 15) is 14.4 Å². The van der Waals surface area contributed by atoms with E-state index in [1.807, 2.05) is 19.1 Å². The van der Waals surface area contributed by atoms with Crippen molar-refractivity contribution in [1.29, 1.82) is 0 Å². The summed E-state index contributed by atoms with van der Waals surface area (Å²) < 4.78 is 16.4. The van der Waals surface area contributed by atoms with Crippen LogP contribution < -0.4 is 10.4 Å². The molecule has 1 fully saturated rings. The molecule has 0 amide bonds. The lowest BCUT2D eigenvalue weighted by atomic mass is 9.96. The Morgan fingerprint density at radius 1 is 1.07 bits per heavy atom. The van der Waals surface area contributed by atoms with Gasteiger partial charge in [-0.05, 0) is 61.6 Å². The summed E-state index contributed by atoms with van der Waals surface area (Å²) in [7, 11) is 0. The molecular formula is C24H22O6. The Morgan fingerprint density at radius 3 is 2.63 bits per heavy atom. The fourth-order valence-corrected chi connectivity index (χ4v) is 3.57. The standard InChI is InChI=1S/C24H22O6/c1-15-12-23(26)29-22-13-18(10-11-19(15)22)28-14-16-6-8-17(9-7-16)24(27)30-21-5-3-2-4-20(21)25/h6-13,21H,2-5,14H2,1H3/t21-/m1/s1. The molecule has 1 aliphatic carbocycles. The third-order valence-corrected chi connectivity index (χ3v) is 5.27. The lowest BCUT2D eigenvalue weighted by Crippen LogP contribution is -2.30. The van der Waals surface area contributed by atoms with Crippen LogP contribution in [0.15, 0.2) is 57.7 Å². The number of hydrogen-bond acceptors (Lipinski definition) is 6. The zero-order chi connectivity index (χ0) is 21.1. The van der Waals surface area contributed by atoms with Gasteiger partial charge in [0.2, 0.25) is 0 Å². The molecule has 0 bridgehead atoms. The van der Waals surface area contributed by atoms with Gasteiger partial charge in [0, 0.05) is 23.9 Å². The number of rotatable bonds is 5. The van der Waals surface area contributed by atoms with Crippen molar-refractivity contribution in [3.63, 3.8) is 0 Å². The monoisotopic (exact) mass is 406 g/mol. The first-order valence-corrected chi connectivity index (χ1v) is 9.99. The predicted octanol–water partition coefficient (Wildman–Crippen LogP) is 4.35. The molecule has 1 aromatic heterocycles. The van der Waals surface area contributed by atoms with E-state index in [0.717, 1.165) is 29.4 Å². The summed E-state index contributed by atoms with van der Waals surface area (Å²) in [5.74, 6) is 0.0965. The molecule has 0 N–H and O–H groups in total. The molecule has 1 aliphatic rings. The van der Waals surface area contributed by atoms with Crippen molar-refractivity contribution in [3.8, 4) is 5.75 Å². The summed E-state index contributed by atoms with van der Waals surface area (Å²) in [6.07, 6.45) is 2.22. The molecule has 1 atom stereocenters. The molecule has 6 heteroatoms. The first kappa shape index (κ1) is 19.9. The summed E-state index contributed by atoms with van der Waals surface area (Å²) >= 11 is 0. The largest absolute Gasteiger partial charge is 0.489 e. The maximum absolute atomic E-state index is 12.3. The Kier molecular flexibility index (Phi) is 5.65. The topological polar surface area (TPSA) is 82.8 Å². The van der Waals surface area contributed by atoms with E-state index in [4.69, 9.17) is 13.9 Å². The molecule has 1 heterocycles. The van der Waals surface area contributed by atoms with Crippen molar-refractivity contribution in [3.05, 3.63) is 75.6 Å². The van der Waals surface area contributed by atoms with Gasteiger partial charge in [0.05, 0.1) is 5.56 Å². The first-order chi connectivity index (χ1) is 14.5. The maximum Gasteiger partial charge on any atom is 0.338 e. The van der Waals surface area contributed by atoms with E-state index >= 15 is 0 Å². The molecule has 4 rings (SSSR count). The molecule has 0 aliphatic heterocycles. The zero-order valence-electron chi connectivity index (χ0n) is 16.7. The number of benzene rings is 2. The lowest BCUT2D eigenvalue weighted by molar-refractivity contribution is -0.129. The van der Waals surface area contributed by atoms with Crippen LogP contribution >= 0.6 is 0 Å². The summed E-state index contributed by atoms with van der Waals surface area (Å²) in [6, 6.07) is 13.7. The van der Waals surface area contributed by atoms with Gasteiger partial charge in [-0.15, -0.1) is 0 Å². The van der Waals surface area contributed by atoms with Crippen molar-refractivity contribution in [1.82, 2.24) is 0 Å². The van der Waals surface area contributed by atoms with Crippen molar-refractivity contribution in [2.24, 2.45) is 0 Å². The fraction of sp³-hybridized carbons (Fsp3) is 0.292. The number of ketones is 1. The smallest absolute Gasteiger partial charge is 0.338 e. The minimum atomic E-state index is -0.620. The molecule has 0 radical (unpaired) electrons. The second-order valence-corrected chi connectivity index (χ2v) is 7.50. The van der Waals surface area contributed by atoms with Gasteiger partial charge in [-0.1, -0.05) is 12.1 Å². The Morgan fingerprint density at radius 2 is 1.87 bits per heavy atom. The van der Waals surface area contributed by atoms with Crippen LogP contribution in [0.3, 0.4) is 0 Å². The molecule has 2 aromatic carbocycles. The fourth-order valence-electron chi connectivity index (χ4n) is 3.57. The van der Waals surface area contributed by atoms with Gasteiger partial charge in [-0.25, -0.2) is 9.59 Å². The van der Waals surface area contributed by atoms with E-state index in [1.54, 1.807) is 30.3 Å². The summed E-state index contributed by atoms with van der Waals surface area (Å²) in [4.78, 5) is 35.7. The lowest BCUT2D eigenvalue weighted by Gasteiger charge is -2.20. The van der Waals surface area contributed by atoms with Crippen LogP contribution in [0.2, 0.25) is 0 Å². The first-order valence-electron chi connectivity index (χ1n) is 9.99. The molecule has 3 aromatic rings. The van der Waals surface area contributed by atoms with Crippen molar-refractivity contribution >= 4 is 22.7 Å². The molecule has 0 saturated heterocycles. The van der Waals surface area contributed by atoms with Crippen LogP contribution in [0.25, 0.3) is 11.0 Å². The van der Waals surface area contributed by atoms with E-state index in [1.165, 1.54) is 6.07 Å². The molecule has 0 unspecified atom stereocenters. The zero-order valence-corrected chi connectivity index (χ0v) is 16.7. The van der Waals surface area contributed by atoms with Crippen LogP contribution in [-0.4, -0.2) is 17.9 Å². The van der Waals surface area contributed by atoms with Crippen LogP contribution in [0.1, 0.15) is 47.2 Å². The third kappa shape index (κ3) is 4.43. The Labute approximate surface area is 173 Å².